The second-order valence-electron chi connectivity index (χ2n) is 5.67. The van der Waals surface area contributed by atoms with Gasteiger partial charge in [-0.2, -0.15) is 5.10 Å². The minimum Gasteiger partial charge on any atom is -0.342 e. The van der Waals surface area contributed by atoms with Gasteiger partial charge in [0.25, 0.3) is 0 Å². The number of carbonyl (C=O) groups is 1. The van der Waals surface area contributed by atoms with Crippen LogP contribution in [0, 0.1) is 5.92 Å². The molecular weight excluding hydrogens is 264 g/mol. The van der Waals surface area contributed by atoms with Crippen molar-refractivity contribution in [3.05, 3.63) is 48.0 Å². The van der Waals surface area contributed by atoms with Crippen LogP contribution in [0.2, 0.25) is 0 Å². The number of hydrogen-bond donors (Lipinski definition) is 1. The van der Waals surface area contributed by atoms with E-state index in [2.05, 4.69) is 15.2 Å². The van der Waals surface area contributed by atoms with Gasteiger partial charge in [-0.25, -0.2) is 0 Å². The van der Waals surface area contributed by atoms with Crippen molar-refractivity contribution < 1.29 is 4.79 Å². The molecule has 2 aromatic rings. The first-order valence-electron chi connectivity index (χ1n) is 7.46. The fourth-order valence-corrected chi connectivity index (χ4v) is 2.96. The molecule has 0 aromatic carbocycles. The fraction of sp³-hybridized carbons (Fsp3) is 0.438. The molecule has 21 heavy (non-hydrogen) atoms. The second kappa shape index (κ2) is 6.52. The Morgan fingerprint density at radius 1 is 1.38 bits per heavy atom. The molecule has 1 fully saturated rings. The summed E-state index contributed by atoms with van der Waals surface area (Å²) in [6.45, 7) is 1.72. The average Bonchev–Trinajstić information content (AvgIpc) is 3.01. The van der Waals surface area contributed by atoms with Crippen molar-refractivity contribution in [3.8, 4) is 0 Å². The number of piperidine rings is 1. The zero-order valence-corrected chi connectivity index (χ0v) is 12.0. The second-order valence-corrected chi connectivity index (χ2v) is 5.67. The molecule has 0 aliphatic carbocycles. The van der Waals surface area contributed by atoms with Gasteiger partial charge in [-0.05, 0) is 42.9 Å². The van der Waals surface area contributed by atoms with E-state index in [0.29, 0.717) is 12.3 Å². The van der Waals surface area contributed by atoms with Crippen LogP contribution in [-0.4, -0.2) is 39.1 Å². The van der Waals surface area contributed by atoms with Gasteiger partial charge in [-0.3, -0.25) is 14.9 Å². The molecule has 1 N–H and O–H groups in total. The molecule has 1 aliphatic heterocycles. The Balaban J connectivity index is 1.56. The van der Waals surface area contributed by atoms with Crippen molar-refractivity contribution in [3.63, 3.8) is 0 Å². The standard InChI is InChI=1S/C16H20N4O/c21-16(10-13-3-1-6-17-11-13)20-8-2-4-14(12-20)9-15-5-7-18-19-15/h1,3,5-7,11,14H,2,4,8-10,12H2,(H,18,19)/t14-/m1/s1. The van der Waals surface area contributed by atoms with Crippen molar-refractivity contribution in [2.24, 2.45) is 5.92 Å². The molecule has 1 atom stereocenters. The summed E-state index contributed by atoms with van der Waals surface area (Å²) in [4.78, 5) is 18.5. The van der Waals surface area contributed by atoms with Gasteiger partial charge in [0.15, 0.2) is 0 Å². The number of H-pyrrole nitrogens is 1. The normalized spacial score (nSPS) is 18.7. The fourth-order valence-electron chi connectivity index (χ4n) is 2.96. The summed E-state index contributed by atoms with van der Waals surface area (Å²) in [5.41, 5.74) is 2.14. The van der Waals surface area contributed by atoms with Crippen LogP contribution in [-0.2, 0) is 17.6 Å². The van der Waals surface area contributed by atoms with Crippen LogP contribution >= 0.6 is 0 Å². The zero-order chi connectivity index (χ0) is 14.5. The molecule has 0 bridgehead atoms. The molecule has 1 saturated heterocycles. The molecule has 1 amide bonds. The minimum atomic E-state index is 0.206. The number of hydrogen-bond acceptors (Lipinski definition) is 3. The van der Waals surface area contributed by atoms with Gasteiger partial charge in [-0.1, -0.05) is 6.07 Å². The molecule has 5 heteroatoms. The first-order valence-corrected chi connectivity index (χ1v) is 7.46. The highest BCUT2D eigenvalue weighted by molar-refractivity contribution is 5.78. The molecule has 3 heterocycles. The SMILES string of the molecule is O=C(Cc1cccnc1)N1CCC[C@H](Cc2ccn[nH]2)C1. The van der Waals surface area contributed by atoms with Crippen LogP contribution in [0.1, 0.15) is 24.1 Å². The summed E-state index contributed by atoms with van der Waals surface area (Å²) in [5.74, 6) is 0.731. The Bertz CT molecular complexity index is 567. The summed E-state index contributed by atoms with van der Waals surface area (Å²) in [5, 5.41) is 6.99. The molecule has 0 saturated carbocycles. The Labute approximate surface area is 124 Å². The Morgan fingerprint density at radius 2 is 2.33 bits per heavy atom. The first-order chi connectivity index (χ1) is 10.3. The summed E-state index contributed by atoms with van der Waals surface area (Å²) in [6.07, 6.45) is 8.96. The summed E-state index contributed by atoms with van der Waals surface area (Å²) >= 11 is 0. The van der Waals surface area contributed by atoms with Crippen LogP contribution in [0.15, 0.2) is 36.8 Å². The van der Waals surface area contributed by atoms with E-state index in [9.17, 15) is 4.79 Å². The van der Waals surface area contributed by atoms with Gasteiger partial charge in [0.1, 0.15) is 0 Å². The summed E-state index contributed by atoms with van der Waals surface area (Å²) < 4.78 is 0. The number of nitrogens with one attached hydrogen (secondary N) is 1. The third-order valence-corrected chi connectivity index (χ3v) is 4.02. The Kier molecular flexibility index (Phi) is 4.28. The molecular formula is C16H20N4O. The van der Waals surface area contributed by atoms with Gasteiger partial charge >= 0.3 is 0 Å². The lowest BCUT2D eigenvalue weighted by Gasteiger charge is -2.32. The van der Waals surface area contributed by atoms with E-state index >= 15 is 0 Å². The number of aromatic nitrogens is 3. The predicted octanol–water partition coefficient (Wildman–Crippen LogP) is 1.83. The predicted molar refractivity (Wildman–Crippen MR) is 79.5 cm³/mol. The highest BCUT2D eigenvalue weighted by Gasteiger charge is 2.24. The maximum Gasteiger partial charge on any atom is 0.227 e. The quantitative estimate of drug-likeness (QED) is 0.931. The smallest absolute Gasteiger partial charge is 0.227 e. The number of aromatic amines is 1. The molecule has 2 aromatic heterocycles. The maximum atomic E-state index is 12.4. The number of pyridine rings is 1. The number of amides is 1. The largest absolute Gasteiger partial charge is 0.342 e. The highest BCUT2D eigenvalue weighted by Crippen LogP contribution is 2.20. The van der Waals surface area contributed by atoms with Crippen LogP contribution < -0.4 is 0 Å². The van der Waals surface area contributed by atoms with Gasteiger partial charge < -0.3 is 4.90 Å². The number of carbonyl (C=O) groups excluding carboxylic acids is 1. The minimum absolute atomic E-state index is 0.206. The monoisotopic (exact) mass is 284 g/mol. The van der Waals surface area contributed by atoms with Crippen LogP contribution in [0.3, 0.4) is 0 Å². The van der Waals surface area contributed by atoms with Gasteiger partial charge in [0.2, 0.25) is 5.91 Å². The van der Waals surface area contributed by atoms with Crippen molar-refractivity contribution in [2.75, 3.05) is 13.1 Å². The number of rotatable bonds is 4. The number of likely N-dealkylation sites (tertiary alicyclic amines) is 1. The molecule has 0 spiro atoms. The molecule has 0 unspecified atom stereocenters. The first kappa shape index (κ1) is 13.8. The molecule has 5 nitrogen and oxygen atoms in total. The average molecular weight is 284 g/mol. The van der Waals surface area contributed by atoms with Crippen molar-refractivity contribution in [1.82, 2.24) is 20.1 Å². The van der Waals surface area contributed by atoms with Crippen LogP contribution in [0.4, 0.5) is 0 Å². The third-order valence-electron chi connectivity index (χ3n) is 4.02. The molecule has 3 rings (SSSR count). The maximum absolute atomic E-state index is 12.4. The van der Waals surface area contributed by atoms with E-state index in [1.54, 1.807) is 18.6 Å². The van der Waals surface area contributed by atoms with E-state index in [-0.39, 0.29) is 5.91 Å². The molecule has 0 radical (unpaired) electrons. The Morgan fingerprint density at radius 3 is 3.10 bits per heavy atom. The zero-order valence-electron chi connectivity index (χ0n) is 12.0. The lowest BCUT2D eigenvalue weighted by Crippen LogP contribution is -2.41. The number of nitrogens with zero attached hydrogens (tertiary/aromatic N) is 3. The van der Waals surface area contributed by atoms with E-state index in [0.717, 1.165) is 37.2 Å². The van der Waals surface area contributed by atoms with E-state index in [4.69, 9.17) is 0 Å². The highest BCUT2D eigenvalue weighted by atomic mass is 16.2. The van der Waals surface area contributed by atoms with Gasteiger partial charge in [0, 0.05) is 37.4 Å². The lowest BCUT2D eigenvalue weighted by molar-refractivity contribution is -0.132. The van der Waals surface area contributed by atoms with Crippen molar-refractivity contribution in [2.45, 2.75) is 25.7 Å². The summed E-state index contributed by atoms with van der Waals surface area (Å²) in [6, 6.07) is 5.84. The lowest BCUT2D eigenvalue weighted by atomic mass is 9.93. The topological polar surface area (TPSA) is 61.9 Å². The molecule has 1 aliphatic rings. The summed E-state index contributed by atoms with van der Waals surface area (Å²) in [7, 11) is 0. The van der Waals surface area contributed by atoms with Gasteiger partial charge in [0.05, 0.1) is 6.42 Å². The van der Waals surface area contributed by atoms with E-state index in [1.165, 1.54) is 6.42 Å². The van der Waals surface area contributed by atoms with Crippen molar-refractivity contribution >= 4 is 5.91 Å². The molecule has 110 valence electrons. The van der Waals surface area contributed by atoms with Crippen LogP contribution in [0.25, 0.3) is 0 Å². The van der Waals surface area contributed by atoms with Crippen LogP contribution in [0.5, 0.6) is 0 Å². The van der Waals surface area contributed by atoms with E-state index < -0.39 is 0 Å². The van der Waals surface area contributed by atoms with Crippen molar-refractivity contribution in [1.29, 1.82) is 0 Å². The Hall–Kier alpha value is -2.17. The third kappa shape index (κ3) is 3.68. The van der Waals surface area contributed by atoms with Gasteiger partial charge in [-0.15, -0.1) is 0 Å². The van der Waals surface area contributed by atoms with E-state index in [1.807, 2.05) is 23.1 Å².